The molecule has 13 aromatic rings. The minimum atomic E-state index is -2.88. The molecule has 0 spiro atoms. The molecule has 0 aliphatic rings. The standard InChI is InChI=1S/C58H38N4SSi/c1-3-17-40(18-4-1)64(41-19-5-2-6-20-41,43-35-36-55-49(37-43)48-25-11-16-30-54(48)63-55)42-33-31-39(32-34-42)58-59-56(61-50-26-12-7-21-44(50)45-22-8-13-27-51(45)61)38-57(60-58)62-52-28-14-9-23-46(52)47-24-10-15-29-53(47)62/h1-38H. The van der Waals surface area contributed by atoms with Crippen LogP contribution in [0.5, 0.6) is 0 Å². The molecule has 0 radical (unpaired) electrons. The molecule has 0 aliphatic heterocycles. The second kappa shape index (κ2) is 14.6. The van der Waals surface area contributed by atoms with E-state index in [0.717, 1.165) is 39.3 Å². The van der Waals surface area contributed by atoms with E-state index in [-0.39, 0.29) is 0 Å². The van der Waals surface area contributed by atoms with Gasteiger partial charge in [0.15, 0.2) is 13.9 Å². The number of nitrogens with zero attached hydrogens (tertiary/aromatic N) is 4. The summed E-state index contributed by atoms with van der Waals surface area (Å²) < 4.78 is 7.22. The van der Waals surface area contributed by atoms with Gasteiger partial charge in [-0.05, 0) is 57.1 Å². The molecule has 13 rings (SSSR count). The van der Waals surface area contributed by atoms with Crippen molar-refractivity contribution in [3.63, 3.8) is 0 Å². The molecular formula is C58H38N4SSi. The second-order valence-corrected chi connectivity index (χ2v) is 21.4. The van der Waals surface area contributed by atoms with Crippen LogP contribution in [0.2, 0.25) is 0 Å². The van der Waals surface area contributed by atoms with Crippen LogP contribution in [0.15, 0.2) is 231 Å². The van der Waals surface area contributed by atoms with Gasteiger partial charge >= 0.3 is 0 Å². The smallest absolute Gasteiger partial charge is 0.179 e. The van der Waals surface area contributed by atoms with Crippen LogP contribution >= 0.6 is 11.3 Å². The summed E-state index contributed by atoms with van der Waals surface area (Å²) in [5.41, 5.74) is 5.38. The summed E-state index contributed by atoms with van der Waals surface area (Å²) in [4.78, 5) is 11.0. The van der Waals surface area contributed by atoms with Gasteiger partial charge in [-0.2, -0.15) is 0 Å². The molecular weight excluding hydrogens is 813 g/mol. The van der Waals surface area contributed by atoms with Gasteiger partial charge in [0.2, 0.25) is 0 Å². The molecule has 300 valence electrons. The summed E-state index contributed by atoms with van der Waals surface area (Å²) in [6.45, 7) is 0. The number of rotatable bonds is 7. The fourth-order valence-electron chi connectivity index (χ4n) is 10.3. The highest BCUT2D eigenvalue weighted by Gasteiger charge is 2.41. The van der Waals surface area contributed by atoms with Crippen LogP contribution in [0.1, 0.15) is 0 Å². The van der Waals surface area contributed by atoms with Crippen LogP contribution in [0.25, 0.3) is 86.8 Å². The minimum absolute atomic E-state index is 0.667. The highest BCUT2D eigenvalue weighted by molar-refractivity contribution is 7.26. The molecule has 9 aromatic carbocycles. The monoisotopic (exact) mass is 850 g/mol. The first-order valence-corrected chi connectivity index (χ1v) is 24.6. The number of hydrogen-bond donors (Lipinski definition) is 0. The maximum atomic E-state index is 5.49. The lowest BCUT2D eigenvalue weighted by Gasteiger charge is -2.34. The van der Waals surface area contributed by atoms with Crippen LogP contribution in [0.4, 0.5) is 0 Å². The molecule has 0 atom stereocenters. The predicted molar refractivity (Wildman–Crippen MR) is 273 cm³/mol. The molecule has 64 heavy (non-hydrogen) atoms. The van der Waals surface area contributed by atoms with E-state index in [9.17, 15) is 0 Å². The zero-order chi connectivity index (χ0) is 42.2. The van der Waals surface area contributed by atoms with Gasteiger partial charge in [0, 0.05) is 53.3 Å². The van der Waals surface area contributed by atoms with Crippen molar-refractivity contribution in [3.8, 4) is 23.0 Å². The van der Waals surface area contributed by atoms with Crippen molar-refractivity contribution < 1.29 is 0 Å². The summed E-state index contributed by atoms with van der Waals surface area (Å²) in [6, 6.07) is 84.3. The van der Waals surface area contributed by atoms with Gasteiger partial charge in [-0.15, -0.1) is 11.3 Å². The Balaban J connectivity index is 1.06. The van der Waals surface area contributed by atoms with Crippen molar-refractivity contribution in [2.45, 2.75) is 0 Å². The lowest BCUT2D eigenvalue weighted by Crippen LogP contribution is -2.74. The molecule has 0 saturated heterocycles. The van der Waals surface area contributed by atoms with Gasteiger partial charge in [-0.25, -0.2) is 9.97 Å². The molecule has 0 unspecified atom stereocenters. The summed E-state index contributed by atoms with van der Waals surface area (Å²) >= 11 is 1.87. The third-order valence-electron chi connectivity index (χ3n) is 13.1. The lowest BCUT2D eigenvalue weighted by molar-refractivity contribution is 0.994. The first kappa shape index (κ1) is 36.7. The van der Waals surface area contributed by atoms with Crippen molar-refractivity contribution in [2.75, 3.05) is 0 Å². The average Bonchev–Trinajstić information content (AvgIpc) is 4.03. The van der Waals surface area contributed by atoms with Gasteiger partial charge in [0.05, 0.1) is 22.1 Å². The van der Waals surface area contributed by atoms with Crippen LogP contribution in [0.3, 0.4) is 0 Å². The van der Waals surface area contributed by atoms with Gasteiger partial charge in [0.25, 0.3) is 0 Å². The zero-order valence-corrected chi connectivity index (χ0v) is 36.5. The number of benzene rings is 9. The van der Waals surface area contributed by atoms with E-state index < -0.39 is 8.07 Å². The van der Waals surface area contributed by atoms with E-state index in [1.54, 1.807) is 0 Å². The summed E-state index contributed by atoms with van der Waals surface area (Å²) in [6.07, 6.45) is 0. The molecule has 0 saturated carbocycles. The van der Waals surface area contributed by atoms with Crippen LogP contribution < -0.4 is 20.7 Å². The Morgan fingerprint density at radius 1 is 0.312 bits per heavy atom. The van der Waals surface area contributed by atoms with Gasteiger partial charge in [0.1, 0.15) is 11.6 Å². The van der Waals surface area contributed by atoms with E-state index in [2.05, 4.69) is 240 Å². The Labute approximate surface area is 374 Å². The van der Waals surface area contributed by atoms with Gasteiger partial charge in [-0.1, -0.05) is 188 Å². The van der Waals surface area contributed by atoms with Crippen molar-refractivity contribution in [3.05, 3.63) is 231 Å². The maximum absolute atomic E-state index is 5.49. The number of aromatic nitrogens is 4. The maximum Gasteiger partial charge on any atom is 0.179 e. The quantitative estimate of drug-likeness (QED) is 0.118. The largest absolute Gasteiger partial charge is 0.294 e. The summed E-state index contributed by atoms with van der Waals surface area (Å²) in [5, 5.41) is 12.7. The Morgan fingerprint density at radius 3 is 1.20 bits per heavy atom. The van der Waals surface area contributed by atoms with Crippen LogP contribution in [-0.4, -0.2) is 27.2 Å². The first-order valence-electron chi connectivity index (χ1n) is 21.7. The molecule has 0 amide bonds. The SMILES string of the molecule is c1ccc([Si](c2ccccc2)(c2ccc(-c3nc(-n4c5ccccc5c5ccccc54)cc(-n4c5ccccc5c5ccccc54)n3)cc2)c2ccc3sc4ccccc4c3c2)cc1. The van der Waals surface area contributed by atoms with Gasteiger partial charge in [-0.3, -0.25) is 9.13 Å². The normalized spacial score (nSPS) is 12.1. The van der Waals surface area contributed by atoms with Crippen molar-refractivity contribution >= 4 is 104 Å². The Bertz CT molecular complexity index is 3630. The van der Waals surface area contributed by atoms with E-state index in [1.165, 1.54) is 62.5 Å². The van der Waals surface area contributed by atoms with Gasteiger partial charge < -0.3 is 0 Å². The summed E-state index contributed by atoms with van der Waals surface area (Å²) in [5.74, 6) is 2.30. The second-order valence-electron chi connectivity index (χ2n) is 16.5. The topological polar surface area (TPSA) is 35.6 Å². The third kappa shape index (κ3) is 5.53. The Hall–Kier alpha value is -7.90. The van der Waals surface area contributed by atoms with Crippen LogP contribution in [-0.2, 0) is 0 Å². The number of thiophene rings is 1. The fourth-order valence-corrected chi connectivity index (χ4v) is 16.2. The average molecular weight is 851 g/mol. The van der Waals surface area contributed by atoms with Crippen molar-refractivity contribution in [1.82, 2.24) is 19.1 Å². The molecule has 0 aliphatic carbocycles. The predicted octanol–water partition coefficient (Wildman–Crippen LogP) is 12.1. The Morgan fingerprint density at radius 2 is 0.703 bits per heavy atom. The van der Waals surface area contributed by atoms with E-state index in [0.29, 0.717) is 5.82 Å². The zero-order valence-electron chi connectivity index (χ0n) is 34.6. The molecule has 4 nitrogen and oxygen atoms in total. The summed E-state index contributed by atoms with van der Waals surface area (Å²) in [7, 11) is -2.88. The molecule has 0 fully saturated rings. The van der Waals surface area contributed by atoms with Crippen molar-refractivity contribution in [2.24, 2.45) is 0 Å². The highest BCUT2D eigenvalue weighted by atomic mass is 32.1. The van der Waals surface area contributed by atoms with E-state index >= 15 is 0 Å². The number of hydrogen-bond acceptors (Lipinski definition) is 3. The third-order valence-corrected chi connectivity index (χ3v) is 19.0. The molecule has 0 N–H and O–H groups in total. The van der Waals surface area contributed by atoms with Crippen molar-refractivity contribution in [1.29, 1.82) is 0 Å². The van der Waals surface area contributed by atoms with E-state index in [4.69, 9.17) is 9.97 Å². The fraction of sp³-hybridized carbons (Fsp3) is 0. The number of fused-ring (bicyclic) bond motifs is 9. The molecule has 6 heteroatoms. The lowest BCUT2D eigenvalue weighted by atomic mass is 10.1. The molecule has 0 bridgehead atoms. The minimum Gasteiger partial charge on any atom is -0.294 e. The molecule has 4 heterocycles. The first-order chi connectivity index (χ1) is 31.7. The number of para-hydroxylation sites is 4. The Kier molecular flexibility index (Phi) is 8.38. The highest BCUT2D eigenvalue weighted by Crippen LogP contribution is 2.36. The van der Waals surface area contributed by atoms with E-state index in [1.807, 2.05) is 11.3 Å². The molecule has 4 aromatic heterocycles. The van der Waals surface area contributed by atoms with Crippen LogP contribution in [0, 0.1) is 0 Å².